The predicted molar refractivity (Wildman–Crippen MR) is 95.5 cm³/mol. The molecule has 2 aromatic rings. The molecule has 1 saturated heterocycles. The van der Waals surface area contributed by atoms with Crippen molar-refractivity contribution in [2.24, 2.45) is 0 Å². The fraction of sp³-hybridized carbons (Fsp3) is 0.250. The van der Waals surface area contributed by atoms with E-state index >= 15 is 0 Å². The summed E-state index contributed by atoms with van der Waals surface area (Å²) in [5, 5.41) is 0. The number of rotatable bonds is 4. The molecule has 3 rings (SSSR count). The van der Waals surface area contributed by atoms with Crippen molar-refractivity contribution in [1.29, 1.82) is 0 Å². The lowest BCUT2D eigenvalue weighted by atomic mass is 10.0. The molecule has 3 nitrogen and oxygen atoms in total. The molecule has 118 valence electrons. The maximum Gasteiger partial charge on any atom is 0.244 e. The van der Waals surface area contributed by atoms with E-state index in [-0.39, 0.29) is 11.9 Å². The van der Waals surface area contributed by atoms with Gasteiger partial charge >= 0.3 is 0 Å². The molecule has 1 unspecified atom stereocenters. The number of amides is 1. The van der Waals surface area contributed by atoms with Crippen molar-refractivity contribution in [3.05, 3.63) is 67.3 Å². The van der Waals surface area contributed by atoms with Crippen LogP contribution in [0.4, 0.5) is 5.69 Å². The van der Waals surface area contributed by atoms with Gasteiger partial charge in [-0.1, -0.05) is 48.5 Å². The van der Waals surface area contributed by atoms with Gasteiger partial charge in [0.1, 0.15) is 0 Å². The Morgan fingerprint density at radius 1 is 1.04 bits per heavy atom. The maximum absolute atomic E-state index is 12.6. The first-order valence-electron chi connectivity index (χ1n) is 8.02. The third-order valence-electron chi connectivity index (χ3n) is 4.43. The van der Waals surface area contributed by atoms with E-state index in [1.54, 1.807) is 0 Å². The third-order valence-corrected chi connectivity index (χ3v) is 4.43. The van der Waals surface area contributed by atoms with E-state index in [1.807, 2.05) is 48.2 Å². The van der Waals surface area contributed by atoms with Crippen LogP contribution >= 0.6 is 0 Å². The smallest absolute Gasteiger partial charge is 0.244 e. The predicted octanol–water partition coefficient (Wildman–Crippen LogP) is 3.58. The molecule has 1 amide bonds. The number of hydrogen-bond acceptors (Lipinski definition) is 2. The Bertz CT molecular complexity index is 679. The largest absolute Gasteiger partial charge is 0.310 e. The third kappa shape index (κ3) is 3.20. The molecular formula is C20H22N2O. The Morgan fingerprint density at radius 3 is 2.35 bits per heavy atom. The molecule has 0 aliphatic carbocycles. The van der Waals surface area contributed by atoms with Crippen LogP contribution in [-0.2, 0) is 4.79 Å². The molecule has 0 aromatic heterocycles. The van der Waals surface area contributed by atoms with Crippen LogP contribution in [0.15, 0.2) is 67.3 Å². The van der Waals surface area contributed by atoms with Crippen LogP contribution in [0.3, 0.4) is 0 Å². The molecule has 2 aromatic carbocycles. The average Bonchev–Trinajstić information content (AvgIpc) is 2.60. The Hall–Kier alpha value is -2.39. The summed E-state index contributed by atoms with van der Waals surface area (Å²) >= 11 is 0. The molecule has 23 heavy (non-hydrogen) atoms. The molecule has 1 aliphatic heterocycles. The highest BCUT2D eigenvalue weighted by molar-refractivity contribution is 5.97. The van der Waals surface area contributed by atoms with Crippen molar-refractivity contribution in [3.8, 4) is 11.1 Å². The summed E-state index contributed by atoms with van der Waals surface area (Å²) in [6.07, 6.45) is 1.86. The first kappa shape index (κ1) is 15.5. The van der Waals surface area contributed by atoms with Gasteiger partial charge < -0.3 is 4.90 Å². The lowest BCUT2D eigenvalue weighted by Crippen LogP contribution is -2.55. The molecule has 1 heterocycles. The minimum absolute atomic E-state index is 0.101. The second-order valence-corrected chi connectivity index (χ2v) is 5.86. The number of carbonyl (C=O) groups excluding carboxylic acids is 1. The standard InChI is InChI=1S/C20H22N2O/c1-3-13-21-14-15-22(20(23)16(21)2)19-11-9-18(10-12-19)17-7-5-4-6-8-17/h3-12,16H,1,13-15H2,2H3. The summed E-state index contributed by atoms with van der Waals surface area (Å²) in [5.41, 5.74) is 3.33. The van der Waals surface area contributed by atoms with Gasteiger partial charge in [-0.2, -0.15) is 0 Å². The Labute approximate surface area is 137 Å². The number of anilines is 1. The monoisotopic (exact) mass is 306 g/mol. The topological polar surface area (TPSA) is 23.6 Å². The van der Waals surface area contributed by atoms with E-state index in [9.17, 15) is 4.79 Å². The van der Waals surface area contributed by atoms with E-state index in [0.717, 1.165) is 25.3 Å². The first-order chi connectivity index (χ1) is 11.2. The fourth-order valence-electron chi connectivity index (χ4n) is 3.05. The SMILES string of the molecule is C=CCN1CCN(c2ccc(-c3ccccc3)cc2)C(=O)C1C. The van der Waals surface area contributed by atoms with Gasteiger partial charge in [-0.15, -0.1) is 6.58 Å². The van der Waals surface area contributed by atoms with Gasteiger partial charge in [0.15, 0.2) is 0 Å². The second kappa shape index (κ2) is 6.80. The highest BCUT2D eigenvalue weighted by Crippen LogP contribution is 2.25. The number of hydrogen-bond donors (Lipinski definition) is 0. The zero-order chi connectivity index (χ0) is 16.2. The first-order valence-corrected chi connectivity index (χ1v) is 8.02. The van der Waals surface area contributed by atoms with E-state index in [2.05, 4.69) is 35.7 Å². The Morgan fingerprint density at radius 2 is 1.70 bits per heavy atom. The number of benzene rings is 2. The maximum atomic E-state index is 12.6. The van der Waals surface area contributed by atoms with Crippen LogP contribution in [0.1, 0.15) is 6.92 Å². The molecule has 1 atom stereocenters. The van der Waals surface area contributed by atoms with Crippen LogP contribution in [0, 0.1) is 0 Å². The van der Waals surface area contributed by atoms with Crippen LogP contribution in [0.5, 0.6) is 0 Å². The van der Waals surface area contributed by atoms with Gasteiger partial charge in [-0.25, -0.2) is 0 Å². The number of piperazine rings is 1. The molecule has 3 heteroatoms. The molecule has 1 aliphatic rings. The molecule has 0 bridgehead atoms. The molecule has 0 N–H and O–H groups in total. The summed E-state index contributed by atoms with van der Waals surface area (Å²) < 4.78 is 0. The quantitative estimate of drug-likeness (QED) is 0.806. The van der Waals surface area contributed by atoms with Crippen molar-refractivity contribution in [2.75, 3.05) is 24.5 Å². The van der Waals surface area contributed by atoms with Crippen LogP contribution in [0.2, 0.25) is 0 Å². The minimum Gasteiger partial charge on any atom is -0.310 e. The van der Waals surface area contributed by atoms with Gasteiger partial charge in [0, 0.05) is 25.3 Å². The normalized spacial score (nSPS) is 18.9. The van der Waals surface area contributed by atoms with Crippen LogP contribution in [0.25, 0.3) is 11.1 Å². The number of nitrogens with zero attached hydrogens (tertiary/aromatic N) is 2. The summed E-state index contributed by atoms with van der Waals surface area (Å²) in [4.78, 5) is 16.7. The molecule has 0 saturated carbocycles. The van der Waals surface area contributed by atoms with Crippen LogP contribution < -0.4 is 4.90 Å². The Balaban J connectivity index is 1.78. The minimum atomic E-state index is -0.101. The summed E-state index contributed by atoms with van der Waals surface area (Å²) in [6.45, 7) is 8.09. The van der Waals surface area contributed by atoms with E-state index in [0.29, 0.717) is 0 Å². The van der Waals surface area contributed by atoms with Gasteiger partial charge in [0.25, 0.3) is 0 Å². The van der Waals surface area contributed by atoms with E-state index in [1.165, 1.54) is 11.1 Å². The summed E-state index contributed by atoms with van der Waals surface area (Å²) in [7, 11) is 0. The van der Waals surface area contributed by atoms with Crippen molar-refractivity contribution in [3.63, 3.8) is 0 Å². The number of carbonyl (C=O) groups is 1. The van der Waals surface area contributed by atoms with Gasteiger partial charge in [0.05, 0.1) is 6.04 Å². The van der Waals surface area contributed by atoms with Gasteiger partial charge in [-0.05, 0) is 30.2 Å². The van der Waals surface area contributed by atoms with E-state index in [4.69, 9.17) is 0 Å². The highest BCUT2D eigenvalue weighted by Gasteiger charge is 2.31. The molecular weight excluding hydrogens is 284 g/mol. The Kier molecular flexibility index (Phi) is 4.58. The molecule has 0 radical (unpaired) electrons. The van der Waals surface area contributed by atoms with E-state index < -0.39 is 0 Å². The lowest BCUT2D eigenvalue weighted by Gasteiger charge is -2.38. The average molecular weight is 306 g/mol. The van der Waals surface area contributed by atoms with Gasteiger partial charge in [-0.3, -0.25) is 9.69 Å². The van der Waals surface area contributed by atoms with Gasteiger partial charge in [0.2, 0.25) is 5.91 Å². The zero-order valence-corrected chi connectivity index (χ0v) is 13.5. The van der Waals surface area contributed by atoms with Crippen LogP contribution in [-0.4, -0.2) is 36.5 Å². The summed E-state index contributed by atoms with van der Waals surface area (Å²) in [5.74, 6) is 0.158. The van der Waals surface area contributed by atoms with Crippen molar-refractivity contribution >= 4 is 11.6 Å². The zero-order valence-electron chi connectivity index (χ0n) is 13.5. The second-order valence-electron chi connectivity index (χ2n) is 5.86. The molecule has 1 fully saturated rings. The summed E-state index contributed by atoms with van der Waals surface area (Å²) in [6, 6.07) is 18.4. The molecule has 0 spiro atoms. The highest BCUT2D eigenvalue weighted by atomic mass is 16.2. The van der Waals surface area contributed by atoms with Crippen molar-refractivity contribution in [2.45, 2.75) is 13.0 Å². The van der Waals surface area contributed by atoms with Crippen molar-refractivity contribution < 1.29 is 4.79 Å². The van der Waals surface area contributed by atoms with Crippen molar-refractivity contribution in [1.82, 2.24) is 4.90 Å². The lowest BCUT2D eigenvalue weighted by molar-refractivity contribution is -0.124. The fourth-order valence-corrected chi connectivity index (χ4v) is 3.05.